The molecule has 0 aromatic heterocycles. The molecule has 0 unspecified atom stereocenters. The van der Waals surface area contributed by atoms with Crippen LogP contribution in [0.5, 0.6) is 0 Å². The predicted molar refractivity (Wildman–Crippen MR) is 101 cm³/mol. The summed E-state index contributed by atoms with van der Waals surface area (Å²) in [5, 5.41) is 6.00. The van der Waals surface area contributed by atoms with Gasteiger partial charge in [-0.15, -0.1) is 0 Å². The summed E-state index contributed by atoms with van der Waals surface area (Å²) >= 11 is 5.81. The van der Waals surface area contributed by atoms with Gasteiger partial charge in [0.15, 0.2) is 0 Å². The van der Waals surface area contributed by atoms with Crippen molar-refractivity contribution in [3.05, 3.63) is 53.1 Å². The summed E-state index contributed by atoms with van der Waals surface area (Å²) in [5.74, 6) is 0.154. The number of urea groups is 1. The van der Waals surface area contributed by atoms with E-state index in [2.05, 4.69) is 10.6 Å². The van der Waals surface area contributed by atoms with E-state index in [9.17, 15) is 13.2 Å². The molecule has 1 aliphatic rings. The fourth-order valence-electron chi connectivity index (χ4n) is 2.69. The average molecular weight is 380 g/mol. The molecule has 6 nitrogen and oxygen atoms in total. The maximum atomic E-state index is 12.1. The Morgan fingerprint density at radius 1 is 1.08 bits per heavy atom. The fourth-order valence-corrected chi connectivity index (χ4v) is 4.44. The Bertz CT molecular complexity index is 898. The van der Waals surface area contributed by atoms with Crippen LogP contribution in [0.3, 0.4) is 0 Å². The van der Waals surface area contributed by atoms with Gasteiger partial charge >= 0.3 is 6.03 Å². The van der Waals surface area contributed by atoms with Gasteiger partial charge in [0, 0.05) is 22.9 Å². The summed E-state index contributed by atoms with van der Waals surface area (Å²) in [5.41, 5.74) is 2.57. The number of benzene rings is 2. The number of hydrogen-bond acceptors (Lipinski definition) is 3. The van der Waals surface area contributed by atoms with Crippen molar-refractivity contribution in [3.8, 4) is 0 Å². The third kappa shape index (κ3) is 4.05. The van der Waals surface area contributed by atoms with Crippen LogP contribution in [0.15, 0.2) is 42.5 Å². The zero-order valence-electron chi connectivity index (χ0n) is 13.6. The van der Waals surface area contributed by atoms with Crippen LogP contribution in [-0.4, -0.2) is 26.7 Å². The number of hydrogen-bond donors (Lipinski definition) is 2. The first kappa shape index (κ1) is 17.6. The van der Waals surface area contributed by atoms with Gasteiger partial charge in [-0.1, -0.05) is 17.7 Å². The molecule has 0 radical (unpaired) electrons. The minimum absolute atomic E-state index is 0.154. The van der Waals surface area contributed by atoms with E-state index in [4.69, 9.17) is 11.6 Å². The van der Waals surface area contributed by atoms with E-state index in [0.29, 0.717) is 35.1 Å². The molecule has 2 N–H and O–H groups in total. The van der Waals surface area contributed by atoms with E-state index < -0.39 is 16.1 Å². The van der Waals surface area contributed by atoms with Crippen molar-refractivity contribution in [2.24, 2.45) is 0 Å². The number of carbonyl (C=O) groups excluding carboxylic acids is 1. The first-order valence-electron chi connectivity index (χ1n) is 7.80. The minimum Gasteiger partial charge on any atom is -0.308 e. The van der Waals surface area contributed by atoms with Crippen molar-refractivity contribution in [2.45, 2.75) is 13.3 Å². The van der Waals surface area contributed by atoms with Gasteiger partial charge < -0.3 is 10.6 Å². The topological polar surface area (TPSA) is 78.5 Å². The van der Waals surface area contributed by atoms with E-state index in [1.54, 1.807) is 42.5 Å². The van der Waals surface area contributed by atoms with E-state index >= 15 is 0 Å². The first-order chi connectivity index (χ1) is 11.8. The summed E-state index contributed by atoms with van der Waals surface area (Å²) in [6, 6.07) is 11.5. The lowest BCUT2D eigenvalue weighted by atomic mass is 10.1. The highest BCUT2D eigenvalue weighted by molar-refractivity contribution is 7.93. The van der Waals surface area contributed by atoms with E-state index in [-0.39, 0.29) is 5.75 Å². The molecule has 0 atom stereocenters. The molecule has 3 rings (SSSR count). The summed E-state index contributed by atoms with van der Waals surface area (Å²) in [6.45, 7) is 2.31. The second-order valence-electron chi connectivity index (χ2n) is 5.83. The third-order valence-corrected chi connectivity index (χ3v) is 6.04. The molecule has 0 spiro atoms. The Morgan fingerprint density at radius 3 is 2.36 bits per heavy atom. The molecule has 25 heavy (non-hydrogen) atoms. The smallest absolute Gasteiger partial charge is 0.308 e. The normalized spacial score (nSPS) is 15.8. The summed E-state index contributed by atoms with van der Waals surface area (Å²) in [4.78, 5) is 12.1. The van der Waals surface area contributed by atoms with Crippen molar-refractivity contribution < 1.29 is 13.2 Å². The van der Waals surface area contributed by atoms with Crippen LogP contribution in [0, 0.1) is 6.92 Å². The number of rotatable bonds is 3. The number of halogens is 1. The molecule has 2 aromatic carbocycles. The van der Waals surface area contributed by atoms with Crippen LogP contribution in [-0.2, 0) is 10.0 Å². The Kier molecular flexibility index (Phi) is 4.87. The van der Waals surface area contributed by atoms with Gasteiger partial charge in [-0.25, -0.2) is 13.2 Å². The molecule has 1 saturated heterocycles. The Balaban J connectivity index is 1.76. The number of sulfonamides is 1. The fraction of sp³-hybridized carbons (Fsp3) is 0.235. The van der Waals surface area contributed by atoms with Crippen LogP contribution in [0.2, 0.25) is 5.02 Å². The SMILES string of the molecule is Cc1ccc(NC(=O)Nc2ccc(Cl)cc2)cc1N1CCCS1(=O)=O. The number of amides is 2. The van der Waals surface area contributed by atoms with Crippen molar-refractivity contribution in [1.29, 1.82) is 0 Å². The van der Waals surface area contributed by atoms with E-state index in [0.717, 1.165) is 5.56 Å². The number of anilines is 3. The Morgan fingerprint density at radius 2 is 1.72 bits per heavy atom. The van der Waals surface area contributed by atoms with E-state index in [1.807, 2.05) is 6.92 Å². The van der Waals surface area contributed by atoms with Crippen molar-refractivity contribution in [3.63, 3.8) is 0 Å². The lowest BCUT2D eigenvalue weighted by Crippen LogP contribution is -2.26. The molecule has 0 aliphatic carbocycles. The van der Waals surface area contributed by atoms with Crippen LogP contribution in [0.25, 0.3) is 0 Å². The average Bonchev–Trinajstić information content (AvgIpc) is 2.90. The van der Waals surface area contributed by atoms with Crippen molar-refractivity contribution in [1.82, 2.24) is 0 Å². The molecule has 1 heterocycles. The second-order valence-corrected chi connectivity index (χ2v) is 8.28. The molecule has 0 saturated carbocycles. The molecule has 2 aromatic rings. The Labute approximate surface area is 151 Å². The van der Waals surface area contributed by atoms with Gasteiger partial charge in [-0.2, -0.15) is 0 Å². The predicted octanol–water partition coefficient (Wildman–Crippen LogP) is 3.83. The number of nitrogens with zero attached hydrogens (tertiary/aromatic N) is 1. The van der Waals surface area contributed by atoms with Gasteiger partial charge in [0.05, 0.1) is 11.4 Å². The quantitative estimate of drug-likeness (QED) is 0.850. The zero-order valence-corrected chi connectivity index (χ0v) is 15.2. The molecule has 1 fully saturated rings. The lowest BCUT2D eigenvalue weighted by molar-refractivity contribution is 0.262. The van der Waals surface area contributed by atoms with Crippen molar-refractivity contribution in [2.75, 3.05) is 27.2 Å². The summed E-state index contributed by atoms with van der Waals surface area (Å²) < 4.78 is 25.7. The monoisotopic (exact) mass is 379 g/mol. The van der Waals surface area contributed by atoms with Gasteiger partial charge in [-0.3, -0.25) is 4.31 Å². The number of aryl methyl sites for hydroxylation is 1. The largest absolute Gasteiger partial charge is 0.323 e. The van der Waals surface area contributed by atoms with Crippen LogP contribution in [0.4, 0.5) is 21.9 Å². The van der Waals surface area contributed by atoms with Gasteiger partial charge in [0.2, 0.25) is 10.0 Å². The van der Waals surface area contributed by atoms with Crippen molar-refractivity contribution >= 4 is 44.7 Å². The molecule has 2 amide bonds. The molecular formula is C17H18ClN3O3S. The van der Waals surface area contributed by atoms with Gasteiger partial charge in [-0.05, 0) is 55.3 Å². The van der Waals surface area contributed by atoms with Gasteiger partial charge in [0.1, 0.15) is 0 Å². The maximum absolute atomic E-state index is 12.1. The van der Waals surface area contributed by atoms with Crippen LogP contribution in [0.1, 0.15) is 12.0 Å². The third-order valence-electron chi connectivity index (χ3n) is 3.94. The maximum Gasteiger partial charge on any atom is 0.323 e. The Hall–Kier alpha value is -2.25. The lowest BCUT2D eigenvalue weighted by Gasteiger charge is -2.20. The van der Waals surface area contributed by atoms with Crippen LogP contribution < -0.4 is 14.9 Å². The number of nitrogens with one attached hydrogen (secondary N) is 2. The summed E-state index contributed by atoms with van der Waals surface area (Å²) in [7, 11) is -3.27. The highest BCUT2D eigenvalue weighted by Crippen LogP contribution is 2.30. The van der Waals surface area contributed by atoms with Crippen LogP contribution >= 0.6 is 11.6 Å². The zero-order chi connectivity index (χ0) is 18.0. The highest BCUT2D eigenvalue weighted by atomic mass is 35.5. The summed E-state index contributed by atoms with van der Waals surface area (Å²) in [6.07, 6.45) is 0.608. The first-order valence-corrected chi connectivity index (χ1v) is 9.78. The molecule has 1 aliphatic heterocycles. The highest BCUT2D eigenvalue weighted by Gasteiger charge is 2.29. The second kappa shape index (κ2) is 6.93. The standard InChI is InChI=1S/C17H18ClN3O3S/c1-12-3-6-15(11-16(12)21-9-2-10-25(21,23)24)20-17(22)19-14-7-4-13(18)5-8-14/h3-8,11H,2,9-10H2,1H3,(H2,19,20,22). The minimum atomic E-state index is -3.27. The molecule has 0 bridgehead atoms. The van der Waals surface area contributed by atoms with Gasteiger partial charge in [0.25, 0.3) is 0 Å². The molecular weight excluding hydrogens is 362 g/mol. The van der Waals surface area contributed by atoms with E-state index in [1.165, 1.54) is 4.31 Å². The number of carbonyl (C=O) groups is 1. The molecule has 8 heteroatoms. The molecule has 132 valence electrons.